The second-order valence-electron chi connectivity index (χ2n) is 3.47. The summed E-state index contributed by atoms with van der Waals surface area (Å²) in [6.45, 7) is 1.74. The van der Waals surface area contributed by atoms with Crippen LogP contribution in [0.15, 0.2) is 28.7 Å². The normalized spacial score (nSPS) is 10.3. The highest BCUT2D eigenvalue weighted by Crippen LogP contribution is 2.26. The maximum Gasteiger partial charge on any atom is 0.136 e. The van der Waals surface area contributed by atoms with E-state index in [0.29, 0.717) is 23.1 Å². The van der Waals surface area contributed by atoms with Gasteiger partial charge in [-0.05, 0) is 41.1 Å². The molecule has 0 unspecified atom stereocenters. The van der Waals surface area contributed by atoms with Crippen LogP contribution in [0.1, 0.15) is 5.82 Å². The maximum atomic E-state index is 13.1. The van der Waals surface area contributed by atoms with Gasteiger partial charge in [-0.3, -0.25) is 0 Å². The van der Waals surface area contributed by atoms with Crippen LogP contribution in [-0.4, -0.2) is 9.97 Å². The summed E-state index contributed by atoms with van der Waals surface area (Å²) in [5.41, 5.74) is 6.19. The van der Waals surface area contributed by atoms with Crippen LogP contribution in [0.5, 0.6) is 0 Å². The quantitative estimate of drug-likeness (QED) is 0.894. The van der Waals surface area contributed by atoms with Crippen LogP contribution in [0.4, 0.5) is 21.7 Å². The van der Waals surface area contributed by atoms with Crippen LogP contribution in [0.2, 0.25) is 0 Å². The Kier molecular flexibility index (Phi) is 3.23. The van der Waals surface area contributed by atoms with Crippen molar-refractivity contribution < 1.29 is 4.39 Å². The van der Waals surface area contributed by atoms with Gasteiger partial charge in [-0.25, -0.2) is 14.4 Å². The van der Waals surface area contributed by atoms with Gasteiger partial charge in [-0.1, -0.05) is 0 Å². The zero-order valence-corrected chi connectivity index (χ0v) is 10.6. The van der Waals surface area contributed by atoms with Crippen molar-refractivity contribution in [3.05, 3.63) is 40.4 Å². The monoisotopic (exact) mass is 296 g/mol. The third-order valence-corrected chi connectivity index (χ3v) is 2.74. The van der Waals surface area contributed by atoms with Gasteiger partial charge < -0.3 is 11.1 Å². The first-order valence-electron chi connectivity index (χ1n) is 4.88. The van der Waals surface area contributed by atoms with Crippen LogP contribution < -0.4 is 11.1 Å². The topological polar surface area (TPSA) is 63.8 Å². The number of hydrogen-bond donors (Lipinski definition) is 2. The Labute approximate surface area is 106 Å². The summed E-state index contributed by atoms with van der Waals surface area (Å²) in [6, 6.07) is 5.95. The van der Waals surface area contributed by atoms with E-state index in [4.69, 9.17) is 5.73 Å². The maximum absolute atomic E-state index is 13.1. The molecule has 6 heteroatoms. The summed E-state index contributed by atoms with van der Waals surface area (Å²) in [5.74, 6) is 1.13. The molecule has 4 nitrogen and oxygen atoms in total. The zero-order valence-electron chi connectivity index (χ0n) is 9.04. The molecule has 0 radical (unpaired) electrons. The van der Waals surface area contributed by atoms with Gasteiger partial charge in [0.1, 0.15) is 23.3 Å². The Bertz CT molecular complexity index is 539. The van der Waals surface area contributed by atoms with Crippen molar-refractivity contribution in [3.8, 4) is 0 Å². The number of nitrogen functional groups attached to an aromatic ring is 1. The zero-order chi connectivity index (χ0) is 12.4. The molecular formula is C11H10BrFN4. The van der Waals surface area contributed by atoms with Crippen molar-refractivity contribution in [1.29, 1.82) is 0 Å². The smallest absolute Gasteiger partial charge is 0.136 e. The molecule has 0 aliphatic carbocycles. The van der Waals surface area contributed by atoms with E-state index in [2.05, 4.69) is 31.2 Å². The highest BCUT2D eigenvalue weighted by molar-refractivity contribution is 9.10. The fourth-order valence-electron chi connectivity index (χ4n) is 1.39. The minimum absolute atomic E-state index is 0.325. The van der Waals surface area contributed by atoms with Crippen molar-refractivity contribution in [1.82, 2.24) is 9.97 Å². The average Bonchev–Trinajstić information content (AvgIpc) is 2.22. The summed E-state index contributed by atoms with van der Waals surface area (Å²) in [7, 11) is 0. The number of nitrogens with one attached hydrogen (secondary N) is 1. The van der Waals surface area contributed by atoms with Crippen LogP contribution in [0, 0.1) is 12.7 Å². The molecule has 0 spiro atoms. The van der Waals surface area contributed by atoms with Gasteiger partial charge >= 0.3 is 0 Å². The van der Waals surface area contributed by atoms with E-state index in [1.165, 1.54) is 12.1 Å². The van der Waals surface area contributed by atoms with Crippen molar-refractivity contribution in [2.45, 2.75) is 6.92 Å². The number of anilines is 3. The molecule has 0 saturated carbocycles. The number of hydrogen-bond acceptors (Lipinski definition) is 4. The highest BCUT2D eigenvalue weighted by Gasteiger charge is 2.04. The number of halogens is 2. The van der Waals surface area contributed by atoms with Crippen LogP contribution in [0.3, 0.4) is 0 Å². The molecule has 0 bridgehead atoms. The molecule has 0 aliphatic rings. The Morgan fingerprint density at radius 1 is 1.29 bits per heavy atom. The van der Waals surface area contributed by atoms with Crippen LogP contribution >= 0.6 is 15.9 Å². The Hall–Kier alpha value is -1.69. The van der Waals surface area contributed by atoms with E-state index in [1.807, 2.05) is 0 Å². The predicted molar refractivity (Wildman–Crippen MR) is 68.6 cm³/mol. The van der Waals surface area contributed by atoms with Crippen molar-refractivity contribution >= 4 is 33.3 Å². The molecule has 0 atom stereocenters. The molecule has 0 fully saturated rings. The largest absolute Gasteiger partial charge is 0.384 e. The SMILES string of the molecule is Cc1nc(N)cc(Nc2cc(F)ccc2Br)n1. The second kappa shape index (κ2) is 4.67. The molecule has 1 aromatic carbocycles. The molecule has 88 valence electrons. The van der Waals surface area contributed by atoms with E-state index < -0.39 is 0 Å². The summed E-state index contributed by atoms with van der Waals surface area (Å²) < 4.78 is 13.8. The summed E-state index contributed by atoms with van der Waals surface area (Å²) >= 11 is 3.32. The third-order valence-electron chi connectivity index (χ3n) is 2.05. The van der Waals surface area contributed by atoms with E-state index in [-0.39, 0.29) is 5.82 Å². The summed E-state index contributed by atoms with van der Waals surface area (Å²) in [5, 5.41) is 2.98. The first-order valence-corrected chi connectivity index (χ1v) is 5.67. The molecule has 0 amide bonds. The molecule has 3 N–H and O–H groups in total. The van der Waals surface area contributed by atoms with Gasteiger partial charge in [0.05, 0.1) is 5.69 Å². The molecule has 1 heterocycles. The number of rotatable bonds is 2. The first kappa shape index (κ1) is 11.8. The second-order valence-corrected chi connectivity index (χ2v) is 4.33. The molecule has 1 aromatic heterocycles. The Morgan fingerprint density at radius 2 is 2.06 bits per heavy atom. The predicted octanol–water partition coefficient (Wildman–Crippen LogP) is 3.01. The van der Waals surface area contributed by atoms with Crippen LogP contribution in [-0.2, 0) is 0 Å². The van der Waals surface area contributed by atoms with Gasteiger partial charge in [0, 0.05) is 10.5 Å². The summed E-state index contributed by atoms with van der Waals surface area (Å²) in [6.07, 6.45) is 0. The Balaban J connectivity index is 2.34. The fraction of sp³-hybridized carbons (Fsp3) is 0.0909. The minimum Gasteiger partial charge on any atom is -0.384 e. The molecule has 0 aliphatic heterocycles. The first-order chi connectivity index (χ1) is 8.04. The molecule has 0 saturated heterocycles. The lowest BCUT2D eigenvalue weighted by Crippen LogP contribution is -2.01. The fourth-order valence-corrected chi connectivity index (χ4v) is 1.73. The average molecular weight is 297 g/mol. The molecule has 2 aromatic rings. The van der Waals surface area contributed by atoms with Crippen molar-refractivity contribution in [2.24, 2.45) is 0 Å². The van der Waals surface area contributed by atoms with Crippen LogP contribution in [0.25, 0.3) is 0 Å². The van der Waals surface area contributed by atoms with Gasteiger partial charge in [-0.15, -0.1) is 0 Å². The van der Waals surface area contributed by atoms with Crippen molar-refractivity contribution in [2.75, 3.05) is 11.1 Å². The van der Waals surface area contributed by atoms with Gasteiger partial charge in [0.2, 0.25) is 0 Å². The number of nitrogens with two attached hydrogens (primary N) is 1. The van der Waals surface area contributed by atoms with Gasteiger partial charge in [-0.2, -0.15) is 0 Å². The number of aryl methyl sites for hydroxylation is 1. The van der Waals surface area contributed by atoms with E-state index in [1.54, 1.807) is 19.1 Å². The van der Waals surface area contributed by atoms with Gasteiger partial charge in [0.15, 0.2) is 0 Å². The van der Waals surface area contributed by atoms with E-state index in [9.17, 15) is 4.39 Å². The lowest BCUT2D eigenvalue weighted by Gasteiger charge is -2.08. The van der Waals surface area contributed by atoms with Gasteiger partial charge in [0.25, 0.3) is 0 Å². The van der Waals surface area contributed by atoms with E-state index in [0.717, 1.165) is 4.47 Å². The lowest BCUT2D eigenvalue weighted by atomic mass is 10.3. The molecule has 2 rings (SSSR count). The number of benzene rings is 1. The Morgan fingerprint density at radius 3 is 2.76 bits per heavy atom. The minimum atomic E-state index is -0.325. The summed E-state index contributed by atoms with van der Waals surface area (Å²) in [4.78, 5) is 8.11. The third kappa shape index (κ3) is 2.91. The lowest BCUT2D eigenvalue weighted by molar-refractivity contribution is 0.628. The molecule has 17 heavy (non-hydrogen) atoms. The van der Waals surface area contributed by atoms with E-state index >= 15 is 0 Å². The number of nitrogens with zero attached hydrogens (tertiary/aromatic N) is 2. The number of aromatic nitrogens is 2. The highest BCUT2D eigenvalue weighted by atomic mass is 79.9. The molecular weight excluding hydrogens is 287 g/mol. The standard InChI is InChI=1S/C11H10BrFN4/c1-6-15-10(14)5-11(16-6)17-9-4-7(13)2-3-8(9)12/h2-5H,1H3,(H3,14,15,16,17). The van der Waals surface area contributed by atoms with Crippen molar-refractivity contribution in [3.63, 3.8) is 0 Å².